The summed E-state index contributed by atoms with van der Waals surface area (Å²) in [4.78, 5) is 23.8. The fourth-order valence-electron chi connectivity index (χ4n) is 2.50. The highest BCUT2D eigenvalue weighted by molar-refractivity contribution is 7.91. The molecule has 0 bridgehead atoms. The summed E-state index contributed by atoms with van der Waals surface area (Å²) < 4.78 is 33.2. The summed E-state index contributed by atoms with van der Waals surface area (Å²) in [6.07, 6.45) is 2.19. The molecule has 0 unspecified atom stereocenters. The van der Waals surface area contributed by atoms with Crippen LogP contribution in [0, 0.1) is 0 Å². The van der Waals surface area contributed by atoms with Gasteiger partial charge in [0.15, 0.2) is 15.9 Å². The molecule has 2 rings (SSSR count). The van der Waals surface area contributed by atoms with E-state index in [0.717, 1.165) is 11.3 Å². The normalized spacial score (nSPS) is 19.8. The predicted octanol–water partition coefficient (Wildman–Crippen LogP) is 1.33. The number of esters is 1. The van der Waals surface area contributed by atoms with E-state index < -0.39 is 33.9 Å². The summed E-state index contributed by atoms with van der Waals surface area (Å²) in [5, 5.41) is 2.60. The maximum atomic E-state index is 12.0. The van der Waals surface area contributed by atoms with E-state index in [0.29, 0.717) is 13.0 Å². The molecule has 0 radical (unpaired) electrons. The first kappa shape index (κ1) is 20.0. The van der Waals surface area contributed by atoms with Gasteiger partial charge in [0.1, 0.15) is 5.75 Å². The van der Waals surface area contributed by atoms with E-state index in [-0.39, 0.29) is 11.5 Å². The van der Waals surface area contributed by atoms with Crippen molar-refractivity contribution in [2.75, 3.05) is 18.1 Å². The van der Waals surface area contributed by atoms with Crippen LogP contribution in [0.4, 0.5) is 0 Å². The predicted molar refractivity (Wildman–Crippen MR) is 97.4 cm³/mol. The molecule has 1 fully saturated rings. The monoisotopic (exact) mass is 381 g/mol. The van der Waals surface area contributed by atoms with Crippen LogP contribution in [0.3, 0.4) is 0 Å². The van der Waals surface area contributed by atoms with E-state index in [4.69, 9.17) is 9.47 Å². The van der Waals surface area contributed by atoms with Crippen molar-refractivity contribution in [2.45, 2.75) is 32.4 Å². The van der Waals surface area contributed by atoms with E-state index in [1.165, 1.54) is 13.0 Å². The van der Waals surface area contributed by atoms with Gasteiger partial charge >= 0.3 is 5.97 Å². The summed E-state index contributed by atoms with van der Waals surface area (Å²) >= 11 is 0. The van der Waals surface area contributed by atoms with Gasteiger partial charge in [-0.2, -0.15) is 0 Å². The van der Waals surface area contributed by atoms with E-state index in [9.17, 15) is 18.0 Å². The number of ether oxygens (including phenoxy) is 2. The van der Waals surface area contributed by atoms with Crippen LogP contribution in [0.1, 0.15) is 25.8 Å². The minimum atomic E-state index is -3.08. The summed E-state index contributed by atoms with van der Waals surface area (Å²) in [5.41, 5.74) is 0.790. The van der Waals surface area contributed by atoms with Crippen molar-refractivity contribution < 1.29 is 27.5 Å². The summed E-state index contributed by atoms with van der Waals surface area (Å²) in [5.74, 6) is -0.421. The van der Waals surface area contributed by atoms with Crippen LogP contribution in [0.25, 0.3) is 6.08 Å². The van der Waals surface area contributed by atoms with E-state index in [1.54, 1.807) is 30.3 Å². The molecule has 7 nitrogen and oxygen atoms in total. The molecule has 1 aliphatic rings. The van der Waals surface area contributed by atoms with Crippen LogP contribution in [-0.2, 0) is 24.2 Å². The third kappa shape index (κ3) is 6.18. The second-order valence-electron chi connectivity index (χ2n) is 6.02. The van der Waals surface area contributed by atoms with Crippen LogP contribution in [-0.4, -0.2) is 50.6 Å². The Morgan fingerprint density at radius 2 is 2.00 bits per heavy atom. The number of benzene rings is 1. The molecule has 1 N–H and O–H groups in total. The quantitative estimate of drug-likeness (QED) is 0.565. The summed E-state index contributed by atoms with van der Waals surface area (Å²) in [6.45, 7) is 3.92. The first-order chi connectivity index (χ1) is 12.3. The number of nitrogens with one attached hydrogen (secondary N) is 1. The summed E-state index contributed by atoms with van der Waals surface area (Å²) in [6, 6.07) is 6.75. The molecule has 142 valence electrons. The summed E-state index contributed by atoms with van der Waals surface area (Å²) in [7, 11) is -3.08. The Morgan fingerprint density at radius 1 is 1.31 bits per heavy atom. The highest BCUT2D eigenvalue weighted by Crippen LogP contribution is 2.13. The Morgan fingerprint density at radius 3 is 2.58 bits per heavy atom. The van der Waals surface area contributed by atoms with Gasteiger partial charge in [-0.15, -0.1) is 0 Å². The maximum absolute atomic E-state index is 12.0. The first-order valence-corrected chi connectivity index (χ1v) is 10.2. The van der Waals surface area contributed by atoms with E-state index >= 15 is 0 Å². The molecule has 1 saturated heterocycles. The van der Waals surface area contributed by atoms with Crippen molar-refractivity contribution in [3.05, 3.63) is 35.9 Å². The minimum absolute atomic E-state index is 0.0664. The van der Waals surface area contributed by atoms with Crippen LogP contribution in [0.15, 0.2) is 30.3 Å². The van der Waals surface area contributed by atoms with Crippen LogP contribution >= 0.6 is 0 Å². The molecule has 1 aliphatic heterocycles. The Bertz CT molecular complexity index is 769. The third-order valence-corrected chi connectivity index (χ3v) is 5.61. The molecular weight excluding hydrogens is 358 g/mol. The zero-order chi connectivity index (χ0) is 19.2. The molecule has 0 aliphatic carbocycles. The van der Waals surface area contributed by atoms with Gasteiger partial charge in [0, 0.05) is 12.1 Å². The molecular formula is C18H23NO6S. The molecule has 1 aromatic rings. The van der Waals surface area contributed by atoms with Crippen molar-refractivity contribution in [3.8, 4) is 5.75 Å². The Balaban J connectivity index is 1.81. The Kier molecular flexibility index (Phi) is 6.79. The van der Waals surface area contributed by atoms with Crippen LogP contribution < -0.4 is 10.1 Å². The second kappa shape index (κ2) is 8.84. The average Bonchev–Trinajstić information content (AvgIpc) is 2.93. The number of hydrogen-bond acceptors (Lipinski definition) is 6. The lowest BCUT2D eigenvalue weighted by Gasteiger charge is -2.15. The third-order valence-electron chi connectivity index (χ3n) is 3.84. The number of sulfone groups is 1. The van der Waals surface area contributed by atoms with Crippen molar-refractivity contribution in [1.82, 2.24) is 5.32 Å². The van der Waals surface area contributed by atoms with Gasteiger partial charge in [-0.1, -0.05) is 12.1 Å². The molecule has 8 heteroatoms. The fraction of sp³-hybridized carbons (Fsp3) is 0.444. The van der Waals surface area contributed by atoms with Crippen molar-refractivity contribution in [3.63, 3.8) is 0 Å². The largest absolute Gasteiger partial charge is 0.494 e. The molecule has 1 aromatic carbocycles. The molecule has 2 atom stereocenters. The average molecular weight is 381 g/mol. The number of amides is 1. The lowest BCUT2D eigenvalue weighted by Crippen LogP contribution is -2.42. The van der Waals surface area contributed by atoms with Crippen molar-refractivity contribution in [2.24, 2.45) is 0 Å². The minimum Gasteiger partial charge on any atom is -0.494 e. The zero-order valence-corrected chi connectivity index (χ0v) is 15.6. The van der Waals surface area contributed by atoms with Crippen molar-refractivity contribution >= 4 is 27.8 Å². The Labute approximate surface area is 153 Å². The van der Waals surface area contributed by atoms with Crippen LogP contribution in [0.5, 0.6) is 5.75 Å². The highest BCUT2D eigenvalue weighted by atomic mass is 32.2. The lowest BCUT2D eigenvalue weighted by atomic mass is 10.2. The molecule has 26 heavy (non-hydrogen) atoms. The van der Waals surface area contributed by atoms with E-state index in [1.807, 2.05) is 6.92 Å². The number of carbonyl (C=O) groups is 2. The maximum Gasteiger partial charge on any atom is 0.331 e. The smallest absolute Gasteiger partial charge is 0.331 e. The van der Waals surface area contributed by atoms with Gasteiger partial charge in [0.05, 0.1) is 18.1 Å². The number of hydrogen-bond donors (Lipinski definition) is 1. The van der Waals surface area contributed by atoms with Gasteiger partial charge in [-0.3, -0.25) is 4.79 Å². The highest BCUT2D eigenvalue weighted by Gasteiger charge is 2.30. The Hall–Kier alpha value is -2.35. The number of rotatable bonds is 7. The van der Waals surface area contributed by atoms with Gasteiger partial charge in [-0.25, -0.2) is 13.2 Å². The molecule has 0 saturated carbocycles. The molecule has 1 heterocycles. The lowest BCUT2D eigenvalue weighted by molar-refractivity contribution is -0.150. The van der Waals surface area contributed by atoms with Gasteiger partial charge < -0.3 is 14.8 Å². The van der Waals surface area contributed by atoms with E-state index in [2.05, 4.69) is 5.32 Å². The molecule has 0 aromatic heterocycles. The van der Waals surface area contributed by atoms with Gasteiger partial charge in [0.25, 0.3) is 5.91 Å². The van der Waals surface area contributed by atoms with Crippen LogP contribution in [0.2, 0.25) is 0 Å². The molecule has 1 amide bonds. The SMILES string of the molecule is CCOc1ccc(/C=C/C(=O)O[C@@H](C)C(=O)N[C@@H]2CCS(=O)(=O)C2)cc1. The first-order valence-electron chi connectivity index (χ1n) is 8.41. The second-order valence-corrected chi connectivity index (χ2v) is 8.25. The van der Waals surface area contributed by atoms with Gasteiger partial charge in [-0.05, 0) is 44.0 Å². The number of carbonyl (C=O) groups excluding carboxylic acids is 2. The van der Waals surface area contributed by atoms with Gasteiger partial charge in [0.2, 0.25) is 0 Å². The topological polar surface area (TPSA) is 98.8 Å². The van der Waals surface area contributed by atoms with Crippen molar-refractivity contribution in [1.29, 1.82) is 0 Å². The molecule has 0 spiro atoms. The fourth-order valence-corrected chi connectivity index (χ4v) is 4.17. The zero-order valence-electron chi connectivity index (χ0n) is 14.8. The standard InChI is InChI=1S/C18H23NO6S/c1-3-24-16-7-4-14(5-8-16)6-9-17(20)25-13(2)18(21)19-15-10-11-26(22,23)12-15/h4-9,13,15H,3,10-12H2,1-2H3,(H,19,21)/b9-6+/t13-,15+/m0/s1.